The number of hydrogen-bond donors (Lipinski definition) is 1. The number of amides is 1. The predicted octanol–water partition coefficient (Wildman–Crippen LogP) is 4.14. The third-order valence-electron chi connectivity index (χ3n) is 6.45. The van der Waals surface area contributed by atoms with Gasteiger partial charge in [-0.1, -0.05) is 56.7 Å². The first-order chi connectivity index (χ1) is 11.7. The molecule has 2 spiro atoms. The Bertz CT molecular complexity index is 545. The summed E-state index contributed by atoms with van der Waals surface area (Å²) in [7, 11) is 0. The molecule has 1 aliphatic heterocycles. The van der Waals surface area contributed by atoms with Crippen molar-refractivity contribution in [3.05, 3.63) is 35.9 Å². The van der Waals surface area contributed by atoms with E-state index in [0.29, 0.717) is 0 Å². The Morgan fingerprint density at radius 3 is 1.79 bits per heavy atom. The molecule has 4 rings (SSSR count). The van der Waals surface area contributed by atoms with E-state index in [9.17, 15) is 4.79 Å². The molecule has 0 aromatic heterocycles. The van der Waals surface area contributed by atoms with Gasteiger partial charge in [-0.2, -0.15) is 0 Å². The van der Waals surface area contributed by atoms with Gasteiger partial charge in [0.2, 0.25) is 0 Å². The maximum absolute atomic E-state index is 13.1. The van der Waals surface area contributed by atoms with Gasteiger partial charge in [0, 0.05) is 29.7 Å². The molecule has 2 saturated carbocycles. The van der Waals surface area contributed by atoms with Crippen LogP contribution in [-0.2, 0) is 0 Å². The standard InChI is InChI=1S/C21H30N2O/c24-19(18-10-4-1-5-11-18)23-16-20(12-6-2-7-13-20)22-21(17-23)14-8-3-9-15-21/h1,4-5,10-11,22H,2-3,6-9,12-17H2. The Kier molecular flexibility index (Phi) is 4.38. The number of benzene rings is 1. The third kappa shape index (κ3) is 3.11. The van der Waals surface area contributed by atoms with Crippen LogP contribution in [-0.4, -0.2) is 35.0 Å². The quantitative estimate of drug-likeness (QED) is 0.841. The predicted molar refractivity (Wildman–Crippen MR) is 97.1 cm³/mol. The van der Waals surface area contributed by atoms with Crippen LogP contribution < -0.4 is 5.32 Å². The van der Waals surface area contributed by atoms with E-state index in [2.05, 4.69) is 10.2 Å². The summed E-state index contributed by atoms with van der Waals surface area (Å²) < 4.78 is 0. The molecule has 2 aliphatic carbocycles. The maximum Gasteiger partial charge on any atom is 0.253 e. The van der Waals surface area contributed by atoms with Gasteiger partial charge >= 0.3 is 0 Å². The average Bonchev–Trinajstić information content (AvgIpc) is 2.62. The second-order valence-electron chi connectivity index (χ2n) is 8.33. The minimum absolute atomic E-state index is 0.165. The summed E-state index contributed by atoms with van der Waals surface area (Å²) in [5.74, 6) is 0.229. The molecule has 1 amide bonds. The normalized spacial score (nSPS) is 25.8. The van der Waals surface area contributed by atoms with E-state index in [1.807, 2.05) is 30.3 Å². The summed E-state index contributed by atoms with van der Waals surface area (Å²) in [5, 5.41) is 4.13. The van der Waals surface area contributed by atoms with Crippen molar-refractivity contribution >= 4 is 5.91 Å². The van der Waals surface area contributed by atoms with Crippen LogP contribution in [0.4, 0.5) is 0 Å². The van der Waals surface area contributed by atoms with E-state index in [1.54, 1.807) is 0 Å². The van der Waals surface area contributed by atoms with E-state index >= 15 is 0 Å². The zero-order valence-corrected chi connectivity index (χ0v) is 14.7. The van der Waals surface area contributed by atoms with E-state index in [1.165, 1.54) is 64.2 Å². The fourth-order valence-electron chi connectivity index (χ4n) is 5.36. The first kappa shape index (κ1) is 16.1. The van der Waals surface area contributed by atoms with Gasteiger partial charge in [0.25, 0.3) is 5.91 Å². The van der Waals surface area contributed by atoms with Gasteiger partial charge in [-0.25, -0.2) is 0 Å². The van der Waals surface area contributed by atoms with Crippen LogP contribution in [0.1, 0.15) is 74.6 Å². The molecule has 1 heterocycles. The van der Waals surface area contributed by atoms with Gasteiger partial charge in [0.1, 0.15) is 0 Å². The number of piperazine rings is 1. The lowest BCUT2D eigenvalue weighted by atomic mass is 9.72. The fraction of sp³-hybridized carbons (Fsp3) is 0.667. The van der Waals surface area contributed by atoms with Crippen LogP contribution in [0.3, 0.4) is 0 Å². The lowest BCUT2D eigenvalue weighted by Crippen LogP contribution is -2.72. The monoisotopic (exact) mass is 326 g/mol. The molecule has 3 nitrogen and oxygen atoms in total. The summed E-state index contributed by atoms with van der Waals surface area (Å²) in [6.45, 7) is 1.78. The highest BCUT2D eigenvalue weighted by atomic mass is 16.2. The van der Waals surface area contributed by atoms with Gasteiger partial charge in [-0.3, -0.25) is 4.79 Å². The average molecular weight is 326 g/mol. The number of hydrogen-bond acceptors (Lipinski definition) is 2. The lowest BCUT2D eigenvalue weighted by molar-refractivity contribution is 0.00702. The molecule has 3 aliphatic rings. The SMILES string of the molecule is O=C(c1ccccc1)N1CC2(CCCCC2)NC2(CCCCC2)C1. The number of rotatable bonds is 1. The van der Waals surface area contributed by atoms with E-state index in [4.69, 9.17) is 0 Å². The summed E-state index contributed by atoms with van der Waals surface area (Å²) in [6, 6.07) is 9.86. The van der Waals surface area contributed by atoms with Crippen LogP contribution >= 0.6 is 0 Å². The lowest BCUT2D eigenvalue weighted by Gasteiger charge is -2.56. The minimum Gasteiger partial charge on any atom is -0.335 e. The number of carbonyl (C=O) groups excluding carboxylic acids is 1. The van der Waals surface area contributed by atoms with Gasteiger partial charge in [0.05, 0.1) is 0 Å². The number of nitrogens with one attached hydrogen (secondary N) is 1. The summed E-state index contributed by atoms with van der Waals surface area (Å²) in [4.78, 5) is 15.3. The topological polar surface area (TPSA) is 32.3 Å². The Morgan fingerprint density at radius 1 is 0.792 bits per heavy atom. The summed E-state index contributed by atoms with van der Waals surface area (Å²) in [6.07, 6.45) is 12.8. The van der Waals surface area contributed by atoms with Crippen molar-refractivity contribution in [2.75, 3.05) is 13.1 Å². The van der Waals surface area contributed by atoms with Gasteiger partial charge in [-0.15, -0.1) is 0 Å². The maximum atomic E-state index is 13.1. The van der Waals surface area contributed by atoms with Gasteiger partial charge in [0.15, 0.2) is 0 Å². The molecule has 0 unspecified atom stereocenters. The van der Waals surface area contributed by atoms with E-state index in [0.717, 1.165) is 18.7 Å². The highest BCUT2D eigenvalue weighted by Crippen LogP contribution is 2.40. The molecule has 130 valence electrons. The van der Waals surface area contributed by atoms with Crippen LogP contribution in [0.5, 0.6) is 0 Å². The first-order valence-electron chi connectivity index (χ1n) is 9.84. The van der Waals surface area contributed by atoms with Crippen LogP contribution in [0, 0.1) is 0 Å². The zero-order valence-electron chi connectivity index (χ0n) is 14.7. The molecule has 1 aromatic carbocycles. The Labute approximate surface area is 145 Å². The molecule has 1 aromatic rings. The van der Waals surface area contributed by atoms with Crippen molar-refractivity contribution in [2.24, 2.45) is 0 Å². The molecule has 24 heavy (non-hydrogen) atoms. The number of nitrogens with zero attached hydrogens (tertiary/aromatic N) is 1. The summed E-state index contributed by atoms with van der Waals surface area (Å²) >= 11 is 0. The Balaban J connectivity index is 1.62. The Morgan fingerprint density at radius 2 is 1.29 bits per heavy atom. The minimum atomic E-state index is 0.165. The third-order valence-corrected chi connectivity index (χ3v) is 6.45. The largest absolute Gasteiger partial charge is 0.335 e. The van der Waals surface area contributed by atoms with Crippen LogP contribution in [0.15, 0.2) is 30.3 Å². The van der Waals surface area contributed by atoms with E-state index < -0.39 is 0 Å². The molecule has 1 N–H and O–H groups in total. The van der Waals surface area contributed by atoms with Crippen molar-refractivity contribution in [1.29, 1.82) is 0 Å². The second-order valence-corrected chi connectivity index (χ2v) is 8.33. The Hall–Kier alpha value is -1.35. The number of carbonyl (C=O) groups is 1. The van der Waals surface area contributed by atoms with Crippen LogP contribution in [0.25, 0.3) is 0 Å². The highest BCUT2D eigenvalue weighted by Gasteiger charge is 2.48. The van der Waals surface area contributed by atoms with Crippen molar-refractivity contribution in [1.82, 2.24) is 10.2 Å². The molecule has 1 saturated heterocycles. The van der Waals surface area contributed by atoms with Crippen LogP contribution in [0.2, 0.25) is 0 Å². The molecule has 3 heteroatoms. The molecule has 0 atom stereocenters. The van der Waals surface area contributed by atoms with E-state index in [-0.39, 0.29) is 17.0 Å². The van der Waals surface area contributed by atoms with Crippen molar-refractivity contribution in [3.8, 4) is 0 Å². The van der Waals surface area contributed by atoms with Gasteiger partial charge in [-0.05, 0) is 37.8 Å². The molecule has 0 radical (unpaired) electrons. The smallest absolute Gasteiger partial charge is 0.253 e. The first-order valence-corrected chi connectivity index (χ1v) is 9.84. The molecular formula is C21H30N2O. The highest BCUT2D eigenvalue weighted by molar-refractivity contribution is 5.94. The van der Waals surface area contributed by atoms with Crippen molar-refractivity contribution < 1.29 is 4.79 Å². The van der Waals surface area contributed by atoms with Gasteiger partial charge < -0.3 is 10.2 Å². The molecule has 0 bridgehead atoms. The molecular weight excluding hydrogens is 296 g/mol. The molecule has 3 fully saturated rings. The second kappa shape index (κ2) is 6.51. The van der Waals surface area contributed by atoms with Crippen molar-refractivity contribution in [3.63, 3.8) is 0 Å². The zero-order chi connectivity index (χ0) is 16.5. The fourth-order valence-corrected chi connectivity index (χ4v) is 5.36. The van der Waals surface area contributed by atoms with Crippen molar-refractivity contribution in [2.45, 2.75) is 75.3 Å². The summed E-state index contributed by atoms with van der Waals surface area (Å²) in [5.41, 5.74) is 1.17.